The highest BCUT2D eigenvalue weighted by Gasteiger charge is 2.41. The van der Waals surface area contributed by atoms with Crippen LogP contribution in [0, 0.1) is 6.92 Å². The van der Waals surface area contributed by atoms with Crippen molar-refractivity contribution in [3.63, 3.8) is 0 Å². The van der Waals surface area contributed by atoms with E-state index in [1.165, 1.54) is 18.2 Å². The average molecular weight is 373 g/mol. The summed E-state index contributed by atoms with van der Waals surface area (Å²) >= 11 is 0. The molecule has 1 aliphatic heterocycles. The van der Waals surface area contributed by atoms with E-state index in [4.69, 9.17) is 0 Å². The first-order chi connectivity index (χ1) is 11.9. The number of amides is 2. The SMILES string of the molecule is Cc1ccc2c(c1)C(=O)N(c1cc(C(F)(F)F)cc(C(F)(F)F)c1)C2=O. The summed E-state index contributed by atoms with van der Waals surface area (Å²) in [6.07, 6.45) is -10.2. The topological polar surface area (TPSA) is 37.4 Å². The van der Waals surface area contributed by atoms with Crippen molar-refractivity contribution in [2.45, 2.75) is 19.3 Å². The van der Waals surface area contributed by atoms with Crippen LogP contribution in [0.1, 0.15) is 37.4 Å². The van der Waals surface area contributed by atoms with Gasteiger partial charge in [0.25, 0.3) is 11.8 Å². The highest BCUT2D eigenvalue weighted by Crippen LogP contribution is 2.40. The zero-order valence-electron chi connectivity index (χ0n) is 13.0. The Morgan fingerprint density at radius 1 is 0.731 bits per heavy atom. The van der Waals surface area contributed by atoms with E-state index in [1.807, 2.05) is 0 Å². The maximum atomic E-state index is 13.0. The van der Waals surface area contributed by atoms with Crippen molar-refractivity contribution in [1.29, 1.82) is 0 Å². The number of halogens is 6. The Morgan fingerprint density at radius 2 is 1.23 bits per heavy atom. The van der Waals surface area contributed by atoms with E-state index >= 15 is 0 Å². The van der Waals surface area contributed by atoms with E-state index in [9.17, 15) is 35.9 Å². The second-order valence-electron chi connectivity index (χ2n) is 5.76. The van der Waals surface area contributed by atoms with Gasteiger partial charge in [0.2, 0.25) is 0 Å². The molecule has 0 saturated carbocycles. The number of aryl methyl sites for hydroxylation is 1. The summed E-state index contributed by atoms with van der Waals surface area (Å²) < 4.78 is 77.9. The Morgan fingerprint density at radius 3 is 1.73 bits per heavy atom. The number of rotatable bonds is 1. The van der Waals surface area contributed by atoms with Gasteiger partial charge in [-0.3, -0.25) is 9.59 Å². The van der Waals surface area contributed by atoms with Crippen molar-refractivity contribution in [3.8, 4) is 0 Å². The monoisotopic (exact) mass is 373 g/mol. The van der Waals surface area contributed by atoms with Crippen LogP contribution in [0.4, 0.5) is 32.0 Å². The minimum Gasteiger partial charge on any atom is -0.268 e. The van der Waals surface area contributed by atoms with Gasteiger partial charge in [0.1, 0.15) is 0 Å². The lowest BCUT2D eigenvalue weighted by Crippen LogP contribution is -2.30. The molecule has 2 aromatic rings. The minimum atomic E-state index is -5.08. The van der Waals surface area contributed by atoms with Crippen LogP contribution >= 0.6 is 0 Å². The lowest BCUT2D eigenvalue weighted by molar-refractivity contribution is -0.143. The molecule has 0 radical (unpaired) electrons. The van der Waals surface area contributed by atoms with Gasteiger partial charge >= 0.3 is 12.4 Å². The number of alkyl halides is 6. The zero-order valence-corrected chi connectivity index (χ0v) is 13.0. The van der Waals surface area contributed by atoms with Gasteiger partial charge in [0, 0.05) is 0 Å². The van der Waals surface area contributed by atoms with Gasteiger partial charge in [-0.15, -0.1) is 0 Å². The molecule has 26 heavy (non-hydrogen) atoms. The first-order valence-corrected chi connectivity index (χ1v) is 7.18. The summed E-state index contributed by atoms with van der Waals surface area (Å²) in [5, 5.41) is 0. The van der Waals surface area contributed by atoms with Crippen molar-refractivity contribution in [3.05, 3.63) is 64.2 Å². The number of hydrogen-bond donors (Lipinski definition) is 0. The summed E-state index contributed by atoms with van der Waals surface area (Å²) in [6.45, 7) is 1.63. The third-order valence-corrected chi connectivity index (χ3v) is 3.87. The first-order valence-electron chi connectivity index (χ1n) is 7.18. The molecule has 2 amide bonds. The second-order valence-corrected chi connectivity index (χ2v) is 5.76. The first kappa shape index (κ1) is 18.0. The van der Waals surface area contributed by atoms with E-state index in [0.717, 1.165) is 0 Å². The minimum absolute atomic E-state index is 0.0637. The smallest absolute Gasteiger partial charge is 0.268 e. The summed E-state index contributed by atoms with van der Waals surface area (Å²) in [6, 6.07) is 4.82. The fourth-order valence-corrected chi connectivity index (χ4v) is 2.66. The Labute approximate surface area is 142 Å². The highest BCUT2D eigenvalue weighted by molar-refractivity contribution is 6.34. The molecule has 3 nitrogen and oxygen atoms in total. The average Bonchev–Trinajstić information content (AvgIpc) is 2.76. The van der Waals surface area contributed by atoms with Crippen LogP contribution in [-0.4, -0.2) is 11.8 Å². The number of carbonyl (C=O) groups is 2. The van der Waals surface area contributed by atoms with Crippen molar-refractivity contribution in [2.24, 2.45) is 0 Å². The largest absolute Gasteiger partial charge is 0.416 e. The van der Waals surface area contributed by atoms with Gasteiger partial charge in [0.15, 0.2) is 0 Å². The molecule has 136 valence electrons. The third kappa shape index (κ3) is 2.93. The van der Waals surface area contributed by atoms with Crippen LogP contribution in [0.3, 0.4) is 0 Å². The van der Waals surface area contributed by atoms with Gasteiger partial charge in [-0.05, 0) is 37.3 Å². The Hall–Kier alpha value is -2.84. The molecule has 0 spiro atoms. The Balaban J connectivity index is 2.18. The maximum Gasteiger partial charge on any atom is 0.416 e. The molecule has 0 aromatic heterocycles. The molecule has 0 bridgehead atoms. The van der Waals surface area contributed by atoms with Crippen LogP contribution in [0.2, 0.25) is 0 Å². The van der Waals surface area contributed by atoms with Gasteiger partial charge < -0.3 is 0 Å². The standard InChI is InChI=1S/C17H9F6NO2/c1-8-2-3-12-13(4-8)15(26)24(14(12)25)11-6-9(16(18,19)20)5-10(7-11)17(21,22)23/h2-7H,1H3. The predicted octanol–water partition coefficient (Wildman–Crippen LogP) is 4.83. The third-order valence-electron chi connectivity index (χ3n) is 3.87. The normalized spacial score (nSPS) is 14.8. The number of anilines is 1. The maximum absolute atomic E-state index is 13.0. The zero-order chi connectivity index (χ0) is 19.4. The van der Waals surface area contributed by atoms with Crippen LogP contribution in [0.15, 0.2) is 36.4 Å². The number of imide groups is 1. The lowest BCUT2D eigenvalue weighted by atomic mass is 10.1. The Bertz CT molecular complexity index is 898. The van der Waals surface area contributed by atoms with E-state index in [0.29, 0.717) is 22.6 Å². The molecule has 0 aliphatic carbocycles. The van der Waals surface area contributed by atoms with Gasteiger partial charge in [-0.25, -0.2) is 4.90 Å². The lowest BCUT2D eigenvalue weighted by Gasteiger charge is -2.19. The fraction of sp³-hybridized carbons (Fsp3) is 0.176. The van der Waals surface area contributed by atoms with Gasteiger partial charge in [0.05, 0.1) is 27.9 Å². The summed E-state index contributed by atoms with van der Waals surface area (Å²) in [4.78, 5) is 25.1. The summed E-state index contributed by atoms with van der Waals surface area (Å²) in [5.41, 5.74) is -3.51. The predicted molar refractivity (Wildman–Crippen MR) is 78.8 cm³/mol. The molecule has 3 rings (SSSR count). The van der Waals surface area contributed by atoms with E-state index in [-0.39, 0.29) is 17.2 Å². The fourth-order valence-electron chi connectivity index (χ4n) is 2.66. The highest BCUT2D eigenvalue weighted by atomic mass is 19.4. The van der Waals surface area contributed by atoms with Crippen molar-refractivity contribution in [1.82, 2.24) is 0 Å². The van der Waals surface area contributed by atoms with Crippen molar-refractivity contribution < 1.29 is 35.9 Å². The molecule has 0 N–H and O–H groups in total. The molecule has 1 aliphatic rings. The molecule has 0 saturated heterocycles. The number of nitrogens with zero attached hydrogens (tertiary/aromatic N) is 1. The van der Waals surface area contributed by atoms with Gasteiger partial charge in [-0.1, -0.05) is 11.6 Å². The van der Waals surface area contributed by atoms with Crippen molar-refractivity contribution >= 4 is 17.5 Å². The molecule has 2 aromatic carbocycles. The van der Waals surface area contributed by atoms with Crippen LogP contribution in [0.25, 0.3) is 0 Å². The molecule has 0 fully saturated rings. The summed E-state index contributed by atoms with van der Waals surface area (Å²) in [7, 11) is 0. The van der Waals surface area contributed by atoms with Crippen LogP contribution in [0.5, 0.6) is 0 Å². The molecule has 1 heterocycles. The Kier molecular flexibility index (Phi) is 3.86. The van der Waals surface area contributed by atoms with Crippen LogP contribution < -0.4 is 4.90 Å². The quantitative estimate of drug-likeness (QED) is 0.530. The van der Waals surface area contributed by atoms with E-state index in [1.54, 1.807) is 6.92 Å². The van der Waals surface area contributed by atoms with E-state index in [2.05, 4.69) is 0 Å². The molecule has 0 atom stereocenters. The van der Waals surface area contributed by atoms with Crippen LogP contribution in [-0.2, 0) is 12.4 Å². The molecule has 9 heteroatoms. The number of carbonyl (C=O) groups excluding carboxylic acids is 2. The molecular formula is C17H9F6NO2. The number of benzene rings is 2. The second kappa shape index (κ2) is 5.58. The molecule has 0 unspecified atom stereocenters. The van der Waals surface area contributed by atoms with Crippen molar-refractivity contribution in [2.75, 3.05) is 4.90 Å². The number of fused-ring (bicyclic) bond motifs is 1. The van der Waals surface area contributed by atoms with Gasteiger partial charge in [-0.2, -0.15) is 26.3 Å². The molecular weight excluding hydrogens is 364 g/mol. The van der Waals surface area contributed by atoms with E-state index < -0.39 is 41.0 Å². The number of hydrogen-bond acceptors (Lipinski definition) is 2. The summed E-state index contributed by atoms with van der Waals surface area (Å²) in [5.74, 6) is -1.95.